The monoisotopic (exact) mass is 299 g/mol. The molecule has 6 nitrogen and oxygen atoms in total. The van der Waals surface area contributed by atoms with Gasteiger partial charge < -0.3 is 14.1 Å². The second-order valence-corrected chi connectivity index (χ2v) is 7.37. The molecule has 0 N–H and O–H groups in total. The zero-order valence-electron chi connectivity index (χ0n) is 11.0. The Kier molecular flexibility index (Phi) is 3.55. The van der Waals surface area contributed by atoms with Crippen LogP contribution >= 0.6 is 0 Å². The molecule has 0 aromatic carbocycles. The number of hydrogen-bond donors (Lipinski definition) is 0. The number of morpholine rings is 1. The lowest BCUT2D eigenvalue weighted by molar-refractivity contribution is -0.142. The van der Waals surface area contributed by atoms with E-state index in [0.717, 1.165) is 5.76 Å². The Bertz CT molecular complexity index is 580. The van der Waals surface area contributed by atoms with Crippen LogP contribution in [0.25, 0.3) is 0 Å². The van der Waals surface area contributed by atoms with E-state index in [4.69, 9.17) is 9.15 Å². The van der Waals surface area contributed by atoms with E-state index in [1.165, 1.54) is 0 Å². The fourth-order valence-electron chi connectivity index (χ4n) is 2.85. The van der Waals surface area contributed by atoms with Crippen LogP contribution < -0.4 is 0 Å². The lowest BCUT2D eigenvalue weighted by atomic mass is 10.1. The van der Waals surface area contributed by atoms with E-state index in [1.807, 2.05) is 6.07 Å². The predicted octanol–water partition coefficient (Wildman–Crippen LogP) is 0.237. The summed E-state index contributed by atoms with van der Waals surface area (Å²) in [5, 5.41) is 0. The molecule has 0 aliphatic carbocycles. The van der Waals surface area contributed by atoms with Crippen LogP contribution in [-0.2, 0) is 25.8 Å². The molecular formula is C13H17NO5S. The maximum Gasteiger partial charge on any atom is 0.223 e. The molecule has 20 heavy (non-hydrogen) atoms. The molecule has 110 valence electrons. The number of carbonyl (C=O) groups is 1. The summed E-state index contributed by atoms with van der Waals surface area (Å²) >= 11 is 0. The lowest BCUT2D eigenvalue weighted by Gasteiger charge is -2.36. The molecule has 0 radical (unpaired) electrons. The maximum absolute atomic E-state index is 12.3. The summed E-state index contributed by atoms with van der Waals surface area (Å²) in [7, 11) is -3.09. The Morgan fingerprint density at radius 1 is 1.40 bits per heavy atom. The fourth-order valence-corrected chi connectivity index (χ4v) is 4.72. The fraction of sp³-hybridized carbons (Fsp3) is 0.615. The number of fused-ring (bicyclic) bond motifs is 1. The molecule has 2 unspecified atom stereocenters. The molecule has 1 aromatic rings. The molecule has 7 heteroatoms. The first-order valence-corrected chi connectivity index (χ1v) is 8.51. The van der Waals surface area contributed by atoms with Gasteiger partial charge in [0.25, 0.3) is 0 Å². The van der Waals surface area contributed by atoms with Gasteiger partial charge in [0.15, 0.2) is 9.84 Å². The summed E-state index contributed by atoms with van der Waals surface area (Å²) in [6.45, 7) is 0.872. The molecule has 2 saturated heterocycles. The van der Waals surface area contributed by atoms with Crippen molar-refractivity contribution in [2.45, 2.75) is 25.0 Å². The SMILES string of the molecule is O=C(CCc1ccco1)N1CCOC2CS(=O)(=O)CC21. The minimum Gasteiger partial charge on any atom is -0.469 e. The van der Waals surface area contributed by atoms with Gasteiger partial charge in [-0.05, 0) is 12.1 Å². The Morgan fingerprint density at radius 3 is 3.00 bits per heavy atom. The molecule has 0 saturated carbocycles. The van der Waals surface area contributed by atoms with E-state index < -0.39 is 9.84 Å². The number of rotatable bonds is 3. The largest absolute Gasteiger partial charge is 0.469 e. The topological polar surface area (TPSA) is 76.8 Å². The third-order valence-corrected chi connectivity index (χ3v) is 5.51. The van der Waals surface area contributed by atoms with Crippen molar-refractivity contribution in [3.63, 3.8) is 0 Å². The minimum absolute atomic E-state index is 0.0180. The van der Waals surface area contributed by atoms with Crippen molar-refractivity contribution in [3.05, 3.63) is 24.2 Å². The smallest absolute Gasteiger partial charge is 0.223 e. The van der Waals surface area contributed by atoms with Gasteiger partial charge in [0.05, 0.1) is 36.5 Å². The van der Waals surface area contributed by atoms with E-state index in [1.54, 1.807) is 17.2 Å². The summed E-state index contributed by atoms with van der Waals surface area (Å²) in [6.07, 6.45) is 2.08. The minimum atomic E-state index is -3.09. The Balaban J connectivity index is 1.65. The van der Waals surface area contributed by atoms with Crippen LogP contribution in [0.3, 0.4) is 0 Å². The number of carbonyl (C=O) groups excluding carboxylic acids is 1. The molecule has 2 fully saturated rings. The van der Waals surface area contributed by atoms with Gasteiger partial charge in [-0.2, -0.15) is 0 Å². The molecule has 2 aliphatic rings. The number of amides is 1. The summed E-state index contributed by atoms with van der Waals surface area (Å²) in [5.74, 6) is 0.781. The highest BCUT2D eigenvalue weighted by molar-refractivity contribution is 7.91. The Morgan fingerprint density at radius 2 is 2.25 bits per heavy atom. The van der Waals surface area contributed by atoms with Crippen LogP contribution in [0.2, 0.25) is 0 Å². The summed E-state index contributed by atoms with van der Waals surface area (Å²) in [6, 6.07) is 3.29. The van der Waals surface area contributed by atoms with Gasteiger partial charge in [-0.25, -0.2) is 8.42 Å². The van der Waals surface area contributed by atoms with Crippen molar-refractivity contribution in [1.82, 2.24) is 4.90 Å². The van der Waals surface area contributed by atoms with Gasteiger partial charge in [-0.15, -0.1) is 0 Å². The number of furan rings is 1. The van der Waals surface area contributed by atoms with E-state index >= 15 is 0 Å². The van der Waals surface area contributed by atoms with Crippen LogP contribution in [0.4, 0.5) is 0 Å². The molecule has 3 rings (SSSR count). The van der Waals surface area contributed by atoms with Crippen LogP contribution in [0.5, 0.6) is 0 Å². The standard InChI is InChI=1S/C13H17NO5S/c15-13(4-3-10-2-1-6-18-10)14-5-7-19-12-9-20(16,17)8-11(12)14/h1-2,6,11-12H,3-5,7-9H2. The van der Waals surface area contributed by atoms with Gasteiger partial charge in [-0.3, -0.25) is 4.79 Å². The quantitative estimate of drug-likeness (QED) is 0.799. The van der Waals surface area contributed by atoms with Crippen molar-refractivity contribution in [2.75, 3.05) is 24.7 Å². The van der Waals surface area contributed by atoms with Crippen LogP contribution in [0.15, 0.2) is 22.8 Å². The van der Waals surface area contributed by atoms with Gasteiger partial charge in [0, 0.05) is 19.4 Å². The highest BCUT2D eigenvalue weighted by Gasteiger charge is 2.45. The normalized spacial score (nSPS) is 28.3. The number of aryl methyl sites for hydroxylation is 1. The summed E-state index contributed by atoms with van der Waals surface area (Å²) in [5.41, 5.74) is 0. The average Bonchev–Trinajstić information content (AvgIpc) is 3.00. The Hall–Kier alpha value is -1.34. The molecule has 1 amide bonds. The first-order valence-electron chi connectivity index (χ1n) is 6.69. The van der Waals surface area contributed by atoms with Crippen molar-refractivity contribution >= 4 is 15.7 Å². The molecule has 2 atom stereocenters. The van der Waals surface area contributed by atoms with Gasteiger partial charge in [0.1, 0.15) is 5.76 Å². The number of sulfone groups is 1. The van der Waals surface area contributed by atoms with Crippen molar-refractivity contribution in [2.24, 2.45) is 0 Å². The zero-order valence-corrected chi connectivity index (χ0v) is 11.8. The predicted molar refractivity (Wildman–Crippen MR) is 70.9 cm³/mol. The van der Waals surface area contributed by atoms with Crippen molar-refractivity contribution in [1.29, 1.82) is 0 Å². The molecule has 3 heterocycles. The number of hydrogen-bond acceptors (Lipinski definition) is 5. The lowest BCUT2D eigenvalue weighted by Crippen LogP contribution is -2.53. The number of ether oxygens (including phenoxy) is 1. The van der Waals surface area contributed by atoms with E-state index in [0.29, 0.717) is 26.0 Å². The third-order valence-electron chi connectivity index (χ3n) is 3.82. The first-order chi connectivity index (χ1) is 9.55. The second kappa shape index (κ2) is 5.21. The summed E-state index contributed by atoms with van der Waals surface area (Å²) in [4.78, 5) is 13.9. The van der Waals surface area contributed by atoms with Crippen molar-refractivity contribution in [3.8, 4) is 0 Å². The van der Waals surface area contributed by atoms with E-state index in [2.05, 4.69) is 0 Å². The van der Waals surface area contributed by atoms with Gasteiger partial charge in [-0.1, -0.05) is 0 Å². The number of nitrogens with zero attached hydrogens (tertiary/aromatic N) is 1. The second-order valence-electron chi connectivity index (χ2n) is 5.22. The van der Waals surface area contributed by atoms with Crippen LogP contribution in [0.1, 0.15) is 12.2 Å². The molecule has 2 aliphatic heterocycles. The molecule has 0 bridgehead atoms. The highest BCUT2D eigenvalue weighted by atomic mass is 32.2. The molecular weight excluding hydrogens is 282 g/mol. The van der Waals surface area contributed by atoms with Gasteiger partial charge >= 0.3 is 0 Å². The van der Waals surface area contributed by atoms with E-state index in [-0.39, 0.29) is 29.6 Å². The zero-order chi connectivity index (χ0) is 14.2. The maximum atomic E-state index is 12.3. The molecule has 0 spiro atoms. The van der Waals surface area contributed by atoms with Crippen molar-refractivity contribution < 1.29 is 22.4 Å². The average molecular weight is 299 g/mol. The Labute approximate surface area is 117 Å². The van der Waals surface area contributed by atoms with E-state index in [9.17, 15) is 13.2 Å². The highest BCUT2D eigenvalue weighted by Crippen LogP contribution is 2.25. The summed E-state index contributed by atoms with van der Waals surface area (Å²) < 4.78 is 34.0. The van der Waals surface area contributed by atoms with Crippen LogP contribution in [-0.4, -0.2) is 56.0 Å². The first kappa shape index (κ1) is 13.6. The third kappa shape index (κ3) is 2.73. The van der Waals surface area contributed by atoms with Crippen LogP contribution in [0, 0.1) is 0 Å². The van der Waals surface area contributed by atoms with Gasteiger partial charge in [0.2, 0.25) is 5.91 Å². The molecule has 1 aromatic heterocycles.